The lowest BCUT2D eigenvalue weighted by Gasteiger charge is -2.11. The van der Waals surface area contributed by atoms with Crippen molar-refractivity contribution in [3.8, 4) is 11.5 Å². The van der Waals surface area contributed by atoms with Gasteiger partial charge in [-0.2, -0.15) is 0 Å². The number of benzene rings is 2. The summed E-state index contributed by atoms with van der Waals surface area (Å²) in [6.45, 7) is 0.696. The van der Waals surface area contributed by atoms with Gasteiger partial charge in [-0.3, -0.25) is 4.98 Å². The molecule has 4 heteroatoms. The van der Waals surface area contributed by atoms with Gasteiger partial charge in [0.25, 0.3) is 0 Å². The van der Waals surface area contributed by atoms with Crippen molar-refractivity contribution in [3.63, 3.8) is 0 Å². The Bertz CT molecular complexity index is 756. The van der Waals surface area contributed by atoms with Crippen LogP contribution in [0.2, 0.25) is 5.02 Å². The zero-order valence-corrected chi connectivity index (χ0v) is 12.4. The number of pyridine rings is 1. The third-order valence-corrected chi connectivity index (χ3v) is 3.38. The maximum Gasteiger partial charge on any atom is 0.138 e. The Labute approximate surface area is 128 Å². The Balaban J connectivity index is 2.04. The summed E-state index contributed by atoms with van der Waals surface area (Å²) >= 11 is 5.90. The number of hydrogen-bond donors (Lipinski definition) is 1. The summed E-state index contributed by atoms with van der Waals surface area (Å²) in [5.41, 5.74) is 1.87. The molecule has 0 fully saturated rings. The molecule has 1 aromatic heterocycles. The maximum atomic E-state index is 6.01. The van der Waals surface area contributed by atoms with Gasteiger partial charge in [0.15, 0.2) is 0 Å². The van der Waals surface area contributed by atoms with E-state index in [9.17, 15) is 0 Å². The highest BCUT2D eigenvalue weighted by Crippen LogP contribution is 2.30. The van der Waals surface area contributed by atoms with E-state index in [1.54, 1.807) is 0 Å². The maximum absolute atomic E-state index is 6.01. The van der Waals surface area contributed by atoms with Gasteiger partial charge in [0, 0.05) is 23.0 Å². The average molecular weight is 299 g/mol. The molecule has 0 saturated heterocycles. The third-order valence-electron chi connectivity index (χ3n) is 3.13. The van der Waals surface area contributed by atoms with Crippen LogP contribution < -0.4 is 10.1 Å². The molecule has 0 saturated carbocycles. The summed E-state index contributed by atoms with van der Waals surface area (Å²) in [4.78, 5) is 4.62. The van der Waals surface area contributed by atoms with Crippen molar-refractivity contribution in [1.29, 1.82) is 0 Å². The van der Waals surface area contributed by atoms with Gasteiger partial charge in [0.05, 0.1) is 11.2 Å². The van der Waals surface area contributed by atoms with Gasteiger partial charge in [0.1, 0.15) is 11.5 Å². The molecule has 0 spiro atoms. The van der Waals surface area contributed by atoms with E-state index in [0.717, 1.165) is 28.1 Å². The molecule has 0 bridgehead atoms. The number of aromatic nitrogens is 1. The van der Waals surface area contributed by atoms with Crippen molar-refractivity contribution >= 4 is 22.5 Å². The van der Waals surface area contributed by atoms with E-state index < -0.39 is 0 Å². The second-order valence-corrected chi connectivity index (χ2v) is 5.15. The Kier molecular flexibility index (Phi) is 4.04. The van der Waals surface area contributed by atoms with E-state index in [1.807, 2.05) is 61.6 Å². The summed E-state index contributed by atoms with van der Waals surface area (Å²) < 4.78 is 6.01. The van der Waals surface area contributed by atoms with Crippen molar-refractivity contribution in [2.75, 3.05) is 7.05 Å². The van der Waals surface area contributed by atoms with Crippen molar-refractivity contribution in [1.82, 2.24) is 10.3 Å². The first kappa shape index (κ1) is 13.9. The molecule has 3 rings (SSSR count). The van der Waals surface area contributed by atoms with Crippen LogP contribution in [0.15, 0.2) is 54.6 Å². The van der Waals surface area contributed by atoms with Crippen LogP contribution in [0.25, 0.3) is 10.9 Å². The second-order valence-electron chi connectivity index (χ2n) is 4.72. The number of rotatable bonds is 4. The molecule has 0 radical (unpaired) electrons. The van der Waals surface area contributed by atoms with Crippen LogP contribution in [0.5, 0.6) is 11.5 Å². The summed E-state index contributed by atoms with van der Waals surface area (Å²) in [5.74, 6) is 1.55. The Morgan fingerprint density at radius 3 is 2.62 bits per heavy atom. The summed E-state index contributed by atoms with van der Waals surface area (Å²) in [5, 5.41) is 4.80. The molecule has 21 heavy (non-hydrogen) atoms. The van der Waals surface area contributed by atoms with Gasteiger partial charge in [-0.05, 0) is 43.4 Å². The highest BCUT2D eigenvalue weighted by Gasteiger charge is 2.07. The van der Waals surface area contributed by atoms with E-state index in [2.05, 4.69) is 10.3 Å². The highest BCUT2D eigenvalue weighted by atomic mass is 35.5. The predicted molar refractivity (Wildman–Crippen MR) is 86.0 cm³/mol. The Morgan fingerprint density at radius 2 is 1.86 bits per heavy atom. The average Bonchev–Trinajstić information content (AvgIpc) is 2.50. The second kappa shape index (κ2) is 6.12. The van der Waals surface area contributed by atoms with Gasteiger partial charge in [-0.15, -0.1) is 0 Å². The number of fused-ring (bicyclic) bond motifs is 1. The molecule has 3 nitrogen and oxygen atoms in total. The van der Waals surface area contributed by atoms with E-state index in [1.165, 1.54) is 0 Å². The fourth-order valence-corrected chi connectivity index (χ4v) is 2.31. The largest absolute Gasteiger partial charge is 0.457 e. The predicted octanol–water partition coefficient (Wildman–Crippen LogP) is 4.40. The van der Waals surface area contributed by atoms with Crippen molar-refractivity contribution in [2.24, 2.45) is 0 Å². The molecular formula is C17H15ClN2O. The quantitative estimate of drug-likeness (QED) is 0.775. The SMILES string of the molecule is CNCc1cc(Oc2ccc(Cl)cc2)c2ccccc2n1. The zero-order valence-electron chi connectivity index (χ0n) is 11.6. The fourth-order valence-electron chi connectivity index (χ4n) is 2.18. The van der Waals surface area contributed by atoms with Gasteiger partial charge in [0.2, 0.25) is 0 Å². The lowest BCUT2D eigenvalue weighted by molar-refractivity contribution is 0.487. The molecule has 0 atom stereocenters. The number of halogens is 1. The summed E-state index contributed by atoms with van der Waals surface area (Å²) in [6.07, 6.45) is 0. The van der Waals surface area contributed by atoms with Gasteiger partial charge < -0.3 is 10.1 Å². The topological polar surface area (TPSA) is 34.1 Å². The van der Waals surface area contributed by atoms with Gasteiger partial charge in [-0.1, -0.05) is 23.7 Å². The minimum Gasteiger partial charge on any atom is -0.457 e. The molecule has 1 N–H and O–H groups in total. The van der Waals surface area contributed by atoms with Crippen molar-refractivity contribution < 1.29 is 4.74 Å². The number of nitrogens with one attached hydrogen (secondary N) is 1. The standard InChI is InChI=1S/C17H15ClN2O/c1-19-11-13-10-17(15-4-2-3-5-16(15)20-13)21-14-8-6-12(18)7-9-14/h2-10,19H,11H2,1H3. The monoisotopic (exact) mass is 298 g/mol. The normalized spacial score (nSPS) is 10.8. The molecule has 0 aliphatic heterocycles. The van der Waals surface area contributed by atoms with Crippen LogP contribution in [-0.4, -0.2) is 12.0 Å². The first-order valence-corrected chi connectivity index (χ1v) is 7.11. The van der Waals surface area contributed by atoms with Crippen molar-refractivity contribution in [3.05, 3.63) is 65.3 Å². The van der Waals surface area contributed by atoms with Crippen LogP contribution in [-0.2, 0) is 6.54 Å². The number of nitrogens with zero attached hydrogens (tertiary/aromatic N) is 1. The lowest BCUT2D eigenvalue weighted by atomic mass is 10.2. The summed E-state index contributed by atoms with van der Waals surface area (Å²) in [6, 6.07) is 17.3. The van der Waals surface area contributed by atoms with Crippen LogP contribution >= 0.6 is 11.6 Å². The van der Waals surface area contributed by atoms with Gasteiger partial charge in [-0.25, -0.2) is 0 Å². The molecule has 0 aliphatic carbocycles. The van der Waals surface area contributed by atoms with Crippen LogP contribution in [0.1, 0.15) is 5.69 Å². The van der Waals surface area contributed by atoms with Crippen LogP contribution in [0.3, 0.4) is 0 Å². The van der Waals surface area contributed by atoms with E-state index >= 15 is 0 Å². The zero-order chi connectivity index (χ0) is 14.7. The van der Waals surface area contributed by atoms with Crippen molar-refractivity contribution in [2.45, 2.75) is 6.54 Å². The van der Waals surface area contributed by atoms with E-state index in [0.29, 0.717) is 11.6 Å². The fraction of sp³-hybridized carbons (Fsp3) is 0.118. The third kappa shape index (κ3) is 3.15. The molecular weight excluding hydrogens is 284 g/mol. The van der Waals surface area contributed by atoms with Crippen LogP contribution in [0.4, 0.5) is 0 Å². The Hall–Kier alpha value is -2.10. The smallest absolute Gasteiger partial charge is 0.138 e. The van der Waals surface area contributed by atoms with Gasteiger partial charge >= 0.3 is 0 Å². The number of para-hydroxylation sites is 1. The first-order valence-electron chi connectivity index (χ1n) is 6.73. The minimum absolute atomic E-state index is 0.692. The first-order chi connectivity index (χ1) is 10.3. The molecule has 2 aromatic carbocycles. The van der Waals surface area contributed by atoms with Crippen LogP contribution in [0, 0.1) is 0 Å². The van der Waals surface area contributed by atoms with E-state index in [4.69, 9.17) is 16.3 Å². The molecule has 3 aromatic rings. The highest BCUT2D eigenvalue weighted by molar-refractivity contribution is 6.30. The molecule has 0 aliphatic rings. The summed E-state index contributed by atoms with van der Waals surface area (Å²) in [7, 11) is 1.90. The molecule has 0 unspecified atom stereocenters. The Morgan fingerprint density at radius 1 is 1.10 bits per heavy atom. The molecule has 0 amide bonds. The number of ether oxygens (including phenoxy) is 1. The number of hydrogen-bond acceptors (Lipinski definition) is 3. The lowest BCUT2D eigenvalue weighted by Crippen LogP contribution is -2.07. The molecule has 1 heterocycles. The molecule has 106 valence electrons. The van der Waals surface area contributed by atoms with E-state index in [-0.39, 0.29) is 0 Å². The minimum atomic E-state index is 0.692.